The van der Waals surface area contributed by atoms with E-state index in [2.05, 4.69) is 16.7 Å². The molecule has 143 valence electrons. The van der Waals surface area contributed by atoms with Gasteiger partial charge in [-0.25, -0.2) is 0 Å². The molecular formula is C20H13ClN3O4Y-. The van der Waals surface area contributed by atoms with Crippen molar-refractivity contribution in [3.8, 4) is 0 Å². The summed E-state index contributed by atoms with van der Waals surface area (Å²) in [5, 5.41) is 5.95. The zero-order valence-corrected chi connectivity index (χ0v) is 18.6. The van der Waals surface area contributed by atoms with Crippen molar-refractivity contribution in [2.45, 2.75) is 13.0 Å². The molecule has 3 aromatic rings. The van der Waals surface area contributed by atoms with Crippen molar-refractivity contribution in [3.63, 3.8) is 0 Å². The van der Waals surface area contributed by atoms with E-state index in [0.717, 1.165) is 5.56 Å². The minimum absolute atomic E-state index is 0. The Morgan fingerprint density at radius 2 is 1.90 bits per heavy atom. The maximum Gasteiger partial charge on any atom is 0.255 e. The maximum absolute atomic E-state index is 12.8. The fraction of sp³-hybridized carbons (Fsp3) is 0.100. The van der Waals surface area contributed by atoms with Crippen LogP contribution < -0.4 is 16.1 Å². The average molecular weight is 484 g/mol. The average Bonchev–Trinajstić information content (AvgIpc) is 2.79. The van der Waals surface area contributed by atoms with Crippen LogP contribution in [0.25, 0.3) is 10.9 Å². The molecule has 0 saturated carbocycles. The Kier molecular flexibility index (Phi) is 6.31. The third kappa shape index (κ3) is 4.17. The number of aromatic nitrogens is 1. The summed E-state index contributed by atoms with van der Waals surface area (Å²) in [6.07, 6.45) is 0.798. The van der Waals surface area contributed by atoms with Crippen LogP contribution in [0.15, 0.2) is 47.4 Å². The topological polar surface area (TPSA) is 97.3 Å². The Morgan fingerprint density at radius 3 is 2.62 bits per heavy atom. The molecule has 1 aromatic heterocycles. The second kappa shape index (κ2) is 8.57. The van der Waals surface area contributed by atoms with Crippen molar-refractivity contribution in [1.29, 1.82) is 0 Å². The smallest absolute Gasteiger partial charge is 0.255 e. The molecule has 29 heavy (non-hydrogen) atoms. The third-order valence-electron chi connectivity index (χ3n) is 4.42. The molecule has 0 bridgehead atoms. The van der Waals surface area contributed by atoms with Crippen molar-refractivity contribution >= 4 is 45.9 Å². The minimum atomic E-state index is -0.618. The summed E-state index contributed by atoms with van der Waals surface area (Å²) in [5.41, 5.74) is 0.641. The molecular weight excluding hydrogens is 471 g/mol. The zero-order chi connectivity index (χ0) is 19.8. The van der Waals surface area contributed by atoms with Crippen molar-refractivity contribution in [2.75, 3.05) is 5.32 Å². The van der Waals surface area contributed by atoms with E-state index < -0.39 is 29.6 Å². The summed E-state index contributed by atoms with van der Waals surface area (Å²) >= 11 is 5.84. The molecule has 2 N–H and O–H groups in total. The molecule has 0 unspecified atom stereocenters. The van der Waals surface area contributed by atoms with Crippen LogP contribution in [-0.4, -0.2) is 22.3 Å². The minimum Gasteiger partial charge on any atom is -0.377 e. The summed E-state index contributed by atoms with van der Waals surface area (Å²) in [6, 6.07) is 12.6. The van der Waals surface area contributed by atoms with Crippen LogP contribution in [0.1, 0.15) is 27.1 Å². The number of carbonyl (C=O) groups excluding carboxylic acids is 3. The van der Waals surface area contributed by atoms with E-state index in [-0.39, 0.29) is 55.7 Å². The third-order valence-corrected chi connectivity index (χ3v) is 4.67. The van der Waals surface area contributed by atoms with Crippen molar-refractivity contribution in [1.82, 2.24) is 9.88 Å². The standard InChI is InChI=1S/C20H13ClN3O4.Y/c21-12-6-4-11(5-7-12)9-22-20(28)14-10-24-17(26)8-16(25)23-15-3-1-2-13(18(15)24)19(14)27;/h2-7,10H,8-9H2,(H,22,28)(H,23,25);/q-1;. The molecule has 1 aliphatic rings. The Bertz CT molecular complexity index is 1200. The molecule has 1 aliphatic heterocycles. The fourth-order valence-corrected chi connectivity index (χ4v) is 3.20. The zero-order valence-electron chi connectivity index (χ0n) is 15.0. The first kappa shape index (κ1) is 21.4. The summed E-state index contributed by atoms with van der Waals surface area (Å²) in [4.78, 5) is 49.8. The first-order valence-corrected chi connectivity index (χ1v) is 8.77. The molecule has 4 rings (SSSR count). The molecule has 2 heterocycles. The first-order valence-electron chi connectivity index (χ1n) is 8.39. The number of nitrogens with one attached hydrogen (secondary N) is 2. The Morgan fingerprint density at radius 1 is 1.17 bits per heavy atom. The Labute approximate surface area is 195 Å². The number of carbonyl (C=O) groups is 3. The van der Waals surface area contributed by atoms with Gasteiger partial charge in [0.2, 0.25) is 11.8 Å². The van der Waals surface area contributed by atoms with E-state index in [1.54, 1.807) is 24.3 Å². The molecule has 0 aliphatic carbocycles. The summed E-state index contributed by atoms with van der Waals surface area (Å²) in [7, 11) is 0. The van der Waals surface area contributed by atoms with E-state index in [0.29, 0.717) is 10.7 Å². The van der Waals surface area contributed by atoms with Crippen molar-refractivity contribution in [2.24, 2.45) is 0 Å². The first-order chi connectivity index (χ1) is 13.4. The van der Waals surface area contributed by atoms with Gasteiger partial charge >= 0.3 is 0 Å². The van der Waals surface area contributed by atoms with Crippen LogP contribution in [0.4, 0.5) is 5.69 Å². The van der Waals surface area contributed by atoms with Crippen LogP contribution >= 0.6 is 11.6 Å². The van der Waals surface area contributed by atoms with Gasteiger partial charge in [-0.15, -0.1) is 0 Å². The number of hydrogen-bond donors (Lipinski definition) is 2. The molecule has 2 amide bonds. The summed E-state index contributed by atoms with van der Waals surface area (Å²) in [6.45, 7) is 0.188. The van der Waals surface area contributed by atoms with Gasteiger partial charge in [-0.1, -0.05) is 29.1 Å². The number of hydrogen-bond acceptors (Lipinski definition) is 4. The van der Waals surface area contributed by atoms with Crippen LogP contribution in [0.3, 0.4) is 0 Å². The molecule has 1 radical (unpaired) electrons. The van der Waals surface area contributed by atoms with Crippen LogP contribution in [0.2, 0.25) is 5.02 Å². The van der Waals surface area contributed by atoms with E-state index in [9.17, 15) is 19.2 Å². The van der Waals surface area contributed by atoms with Gasteiger partial charge in [0.25, 0.3) is 5.91 Å². The fourth-order valence-electron chi connectivity index (χ4n) is 3.07. The monoisotopic (exact) mass is 483 g/mol. The van der Waals surface area contributed by atoms with Crippen molar-refractivity contribution < 1.29 is 47.1 Å². The van der Waals surface area contributed by atoms with Crippen LogP contribution in [-0.2, 0) is 44.0 Å². The van der Waals surface area contributed by atoms with Gasteiger partial charge < -0.3 is 20.0 Å². The molecule has 0 fully saturated rings. The van der Waals surface area contributed by atoms with E-state index in [1.807, 2.05) is 0 Å². The number of halogens is 1. The second-order valence-corrected chi connectivity index (χ2v) is 6.74. The predicted octanol–water partition coefficient (Wildman–Crippen LogP) is 2.36. The largest absolute Gasteiger partial charge is 0.377 e. The van der Waals surface area contributed by atoms with E-state index in [4.69, 9.17) is 11.6 Å². The number of anilines is 1. The maximum atomic E-state index is 12.8. The Balaban J connectivity index is 0.00000240. The number of rotatable bonds is 3. The molecule has 2 aromatic carbocycles. The van der Waals surface area contributed by atoms with E-state index in [1.165, 1.54) is 22.9 Å². The van der Waals surface area contributed by atoms with Gasteiger partial charge in [0.05, 0.1) is 5.56 Å². The SMILES string of the molecule is O=C1CC(=O)n2cc(C(=O)NCc3ccc(Cl)cc3)c(=O)c3c[c-]cc(c32)N1.[Y]. The normalized spacial score (nSPS) is 12.7. The van der Waals surface area contributed by atoms with Gasteiger partial charge in [-0.3, -0.25) is 14.4 Å². The molecule has 0 spiro atoms. The van der Waals surface area contributed by atoms with Gasteiger partial charge in [-0.2, -0.15) is 18.2 Å². The summed E-state index contributed by atoms with van der Waals surface area (Å²) in [5.74, 6) is -1.64. The number of benzene rings is 2. The molecule has 0 saturated heterocycles. The second-order valence-electron chi connectivity index (χ2n) is 6.30. The molecule has 0 atom stereocenters. The summed E-state index contributed by atoms with van der Waals surface area (Å²) < 4.78 is 1.18. The number of amides is 2. The number of pyridine rings is 1. The number of nitrogens with zero attached hydrogens (tertiary/aromatic N) is 1. The van der Waals surface area contributed by atoms with Gasteiger partial charge in [0.1, 0.15) is 11.8 Å². The Hall–Kier alpha value is -2.35. The van der Waals surface area contributed by atoms with Crippen molar-refractivity contribution in [3.05, 3.63) is 75.0 Å². The van der Waals surface area contributed by atoms with Crippen LogP contribution in [0, 0.1) is 6.07 Å². The van der Waals surface area contributed by atoms with Gasteiger partial charge in [-0.05, 0) is 28.9 Å². The van der Waals surface area contributed by atoms with Gasteiger partial charge in [0, 0.05) is 50.5 Å². The van der Waals surface area contributed by atoms with Crippen LogP contribution in [0.5, 0.6) is 0 Å². The van der Waals surface area contributed by atoms with E-state index >= 15 is 0 Å². The molecule has 7 nitrogen and oxygen atoms in total. The molecule has 9 heteroatoms. The predicted molar refractivity (Wildman–Crippen MR) is 104 cm³/mol. The van der Waals surface area contributed by atoms with Gasteiger partial charge in [0.15, 0.2) is 0 Å². The quantitative estimate of drug-likeness (QED) is 0.441.